The van der Waals surface area contributed by atoms with E-state index in [-0.39, 0.29) is 31.2 Å². The Morgan fingerprint density at radius 3 is 2.26 bits per heavy atom. The molecule has 35 heavy (non-hydrogen) atoms. The van der Waals surface area contributed by atoms with Crippen molar-refractivity contribution in [3.05, 3.63) is 35.9 Å². The maximum absolute atomic E-state index is 13.2. The van der Waals surface area contributed by atoms with Crippen LogP contribution < -0.4 is 0 Å². The Balaban J connectivity index is 2.21. The van der Waals surface area contributed by atoms with E-state index in [1.807, 2.05) is 30.3 Å². The van der Waals surface area contributed by atoms with E-state index in [9.17, 15) is 14.4 Å². The van der Waals surface area contributed by atoms with Crippen molar-refractivity contribution in [1.82, 2.24) is 4.90 Å². The number of benzene rings is 1. The highest BCUT2D eigenvalue weighted by Crippen LogP contribution is 2.38. The summed E-state index contributed by atoms with van der Waals surface area (Å²) in [6.07, 6.45) is -0.958. The second kappa shape index (κ2) is 11.6. The molecule has 0 N–H and O–H groups in total. The Bertz CT molecular complexity index is 874. The highest BCUT2D eigenvalue weighted by Gasteiger charge is 2.43. The molecule has 8 nitrogen and oxygen atoms in total. The van der Waals surface area contributed by atoms with Gasteiger partial charge in [-0.3, -0.25) is 4.90 Å². The number of amides is 1. The molecule has 1 aromatic rings. The van der Waals surface area contributed by atoms with Crippen LogP contribution in [0.5, 0.6) is 0 Å². The molecule has 1 saturated heterocycles. The molecule has 0 aliphatic carbocycles. The number of ether oxygens (including phenoxy) is 3. The summed E-state index contributed by atoms with van der Waals surface area (Å²) in [4.78, 5) is 39.8. The summed E-state index contributed by atoms with van der Waals surface area (Å²) in [5.74, 6) is -0.957. The molecule has 1 amide bonds. The molecule has 2 rings (SSSR count). The van der Waals surface area contributed by atoms with Crippen molar-refractivity contribution in [2.45, 2.75) is 96.9 Å². The zero-order valence-corrected chi connectivity index (χ0v) is 23.4. The summed E-state index contributed by atoms with van der Waals surface area (Å²) in [7, 11) is -2.35. The van der Waals surface area contributed by atoms with Crippen molar-refractivity contribution in [3.8, 4) is 0 Å². The van der Waals surface area contributed by atoms with Gasteiger partial charge in [-0.05, 0) is 44.5 Å². The van der Waals surface area contributed by atoms with Gasteiger partial charge in [0.2, 0.25) is 0 Å². The first-order valence-corrected chi connectivity index (χ1v) is 15.1. The first-order chi connectivity index (χ1) is 16.1. The third kappa shape index (κ3) is 8.65. The van der Waals surface area contributed by atoms with E-state index >= 15 is 0 Å². The van der Waals surface area contributed by atoms with Gasteiger partial charge in [0.15, 0.2) is 8.32 Å². The van der Waals surface area contributed by atoms with E-state index in [4.69, 9.17) is 18.6 Å². The first kappa shape index (κ1) is 28.8. The van der Waals surface area contributed by atoms with Gasteiger partial charge in [-0.1, -0.05) is 51.1 Å². The number of nitrogens with zero attached hydrogens (tertiary/aromatic N) is 1. The zero-order chi connectivity index (χ0) is 26.4. The summed E-state index contributed by atoms with van der Waals surface area (Å²) < 4.78 is 22.7. The third-order valence-corrected chi connectivity index (χ3v) is 10.8. The number of hydrogen-bond acceptors (Lipinski definition) is 7. The van der Waals surface area contributed by atoms with Gasteiger partial charge in [-0.15, -0.1) is 0 Å². The number of hydrogen-bond donors (Lipinski definition) is 0. The van der Waals surface area contributed by atoms with Crippen molar-refractivity contribution in [2.24, 2.45) is 0 Å². The standard InChI is InChI=1S/C26H41NO7Si/c1-25(2,3)33-24(30)27(20-15-17-31-22(20)28)16-14-21(34-35(7,8)26(4,5)6)23(29)32-18-19-12-10-9-11-13-19/h9-13,20-21H,14-18H2,1-8H3/t20-,21-/m0/s1. The molecule has 9 heteroatoms. The van der Waals surface area contributed by atoms with Crippen LogP contribution in [0.4, 0.5) is 4.79 Å². The van der Waals surface area contributed by atoms with Crippen molar-refractivity contribution in [1.29, 1.82) is 0 Å². The molecule has 1 aromatic carbocycles. The van der Waals surface area contributed by atoms with Crippen LogP contribution in [-0.2, 0) is 34.8 Å². The SMILES string of the molecule is CC(C)(C)OC(=O)N(CC[C@H](O[Si](C)(C)C(C)(C)C)C(=O)OCc1ccccc1)[C@H]1CCOC1=O. The van der Waals surface area contributed by atoms with Crippen molar-refractivity contribution >= 4 is 26.3 Å². The minimum Gasteiger partial charge on any atom is -0.464 e. The highest BCUT2D eigenvalue weighted by atomic mass is 28.4. The predicted molar refractivity (Wildman–Crippen MR) is 135 cm³/mol. The van der Waals surface area contributed by atoms with Crippen LogP contribution >= 0.6 is 0 Å². The largest absolute Gasteiger partial charge is 0.464 e. The Hall–Kier alpha value is -2.39. The van der Waals surface area contributed by atoms with Gasteiger partial charge in [-0.2, -0.15) is 0 Å². The summed E-state index contributed by atoms with van der Waals surface area (Å²) >= 11 is 0. The second-order valence-electron chi connectivity index (χ2n) is 11.4. The molecule has 1 fully saturated rings. The molecular formula is C26H41NO7Si. The molecule has 196 valence electrons. The Morgan fingerprint density at radius 1 is 1.11 bits per heavy atom. The monoisotopic (exact) mass is 507 g/mol. The maximum Gasteiger partial charge on any atom is 0.411 e. The average molecular weight is 508 g/mol. The first-order valence-electron chi connectivity index (χ1n) is 12.2. The van der Waals surface area contributed by atoms with Gasteiger partial charge in [-0.25, -0.2) is 14.4 Å². The van der Waals surface area contributed by atoms with Crippen LogP contribution in [0.1, 0.15) is 59.9 Å². The van der Waals surface area contributed by atoms with E-state index in [0.29, 0.717) is 6.42 Å². The molecule has 2 atom stereocenters. The van der Waals surface area contributed by atoms with Gasteiger partial charge in [0, 0.05) is 19.4 Å². The number of cyclic esters (lactones) is 1. The van der Waals surface area contributed by atoms with Crippen molar-refractivity contribution in [3.63, 3.8) is 0 Å². The van der Waals surface area contributed by atoms with E-state index in [1.165, 1.54) is 4.90 Å². The zero-order valence-electron chi connectivity index (χ0n) is 22.4. The summed E-state index contributed by atoms with van der Waals surface area (Å²) in [5, 5.41) is -0.134. The molecule has 0 radical (unpaired) electrons. The van der Waals surface area contributed by atoms with Crippen LogP contribution in [-0.4, -0.2) is 62.1 Å². The molecule has 1 aliphatic heterocycles. The lowest BCUT2D eigenvalue weighted by Gasteiger charge is -2.39. The Labute approximate surface area is 210 Å². The van der Waals surface area contributed by atoms with Gasteiger partial charge < -0.3 is 18.6 Å². The van der Waals surface area contributed by atoms with Gasteiger partial charge >= 0.3 is 18.0 Å². The Morgan fingerprint density at radius 2 is 1.74 bits per heavy atom. The molecule has 0 aromatic heterocycles. The van der Waals surface area contributed by atoms with Gasteiger partial charge in [0.25, 0.3) is 0 Å². The summed E-state index contributed by atoms with van der Waals surface area (Å²) in [6.45, 7) is 16.1. The van der Waals surface area contributed by atoms with E-state index in [1.54, 1.807) is 20.8 Å². The van der Waals surface area contributed by atoms with E-state index in [0.717, 1.165) is 5.56 Å². The molecule has 0 spiro atoms. The number of rotatable bonds is 9. The number of carbonyl (C=O) groups excluding carboxylic acids is 3. The molecule has 0 bridgehead atoms. The highest BCUT2D eigenvalue weighted by molar-refractivity contribution is 6.74. The fourth-order valence-electron chi connectivity index (χ4n) is 3.30. The predicted octanol–water partition coefficient (Wildman–Crippen LogP) is 5.06. The smallest absolute Gasteiger partial charge is 0.411 e. The second-order valence-corrected chi connectivity index (χ2v) is 16.2. The van der Waals surface area contributed by atoms with Crippen LogP contribution in [0.3, 0.4) is 0 Å². The van der Waals surface area contributed by atoms with Crippen LogP contribution in [0, 0.1) is 0 Å². The lowest BCUT2D eigenvalue weighted by atomic mass is 10.1. The van der Waals surface area contributed by atoms with Crippen molar-refractivity contribution in [2.75, 3.05) is 13.2 Å². The van der Waals surface area contributed by atoms with Crippen LogP contribution in [0.2, 0.25) is 18.1 Å². The lowest BCUT2D eigenvalue weighted by Crippen LogP contribution is -2.50. The quantitative estimate of drug-likeness (QED) is 0.262. The van der Waals surface area contributed by atoms with Gasteiger partial charge in [0.05, 0.1) is 6.61 Å². The number of carbonyl (C=O) groups is 3. The van der Waals surface area contributed by atoms with Gasteiger partial charge in [0.1, 0.15) is 24.4 Å². The maximum atomic E-state index is 13.2. The molecule has 1 aliphatic rings. The fraction of sp³-hybridized carbons (Fsp3) is 0.654. The average Bonchev–Trinajstić information content (AvgIpc) is 3.15. The molecular weight excluding hydrogens is 466 g/mol. The van der Waals surface area contributed by atoms with Crippen molar-refractivity contribution < 1.29 is 33.0 Å². The number of esters is 2. The molecule has 1 heterocycles. The minimum atomic E-state index is -2.35. The molecule has 0 saturated carbocycles. The molecule has 0 unspecified atom stereocenters. The van der Waals surface area contributed by atoms with Crippen LogP contribution in [0.25, 0.3) is 0 Å². The minimum absolute atomic E-state index is 0.0917. The topological polar surface area (TPSA) is 91.4 Å². The normalized spacial score (nSPS) is 17.5. The van der Waals surface area contributed by atoms with Crippen LogP contribution in [0.15, 0.2) is 30.3 Å². The summed E-state index contributed by atoms with van der Waals surface area (Å²) in [5.41, 5.74) is 0.139. The van der Waals surface area contributed by atoms with E-state index < -0.39 is 44.1 Å². The fourth-order valence-corrected chi connectivity index (χ4v) is 4.58. The summed E-state index contributed by atoms with van der Waals surface area (Å²) in [6, 6.07) is 8.67. The third-order valence-electron chi connectivity index (χ3n) is 6.27. The Kier molecular flexibility index (Phi) is 9.53. The van der Waals surface area contributed by atoms with E-state index in [2.05, 4.69) is 33.9 Å². The lowest BCUT2D eigenvalue weighted by molar-refractivity contribution is -0.154.